The molecule has 0 bridgehead atoms. The Balaban J connectivity index is 1.82. The maximum Gasteiger partial charge on any atom is 0.415 e. The fourth-order valence-electron chi connectivity index (χ4n) is 2.14. The standard InChI is InChI=1S/C15H12FNO2/c16-12-6-8-13(9-7-12)17-10-14(19-15(17)18)11-4-2-1-3-5-11/h1-9,14H,10H2. The van der Waals surface area contributed by atoms with E-state index in [1.165, 1.54) is 17.0 Å². The van der Waals surface area contributed by atoms with Crippen molar-refractivity contribution in [2.24, 2.45) is 0 Å². The van der Waals surface area contributed by atoms with Crippen molar-refractivity contribution < 1.29 is 13.9 Å². The van der Waals surface area contributed by atoms with Gasteiger partial charge < -0.3 is 4.74 Å². The third-order valence-electron chi connectivity index (χ3n) is 3.12. The molecule has 0 spiro atoms. The van der Waals surface area contributed by atoms with Crippen LogP contribution >= 0.6 is 0 Å². The van der Waals surface area contributed by atoms with Gasteiger partial charge in [0.1, 0.15) is 11.9 Å². The summed E-state index contributed by atoms with van der Waals surface area (Å²) in [6.07, 6.45) is -0.681. The lowest BCUT2D eigenvalue weighted by molar-refractivity contribution is 0.142. The number of hydrogen-bond acceptors (Lipinski definition) is 2. The van der Waals surface area contributed by atoms with Gasteiger partial charge in [0.05, 0.1) is 6.54 Å². The highest BCUT2D eigenvalue weighted by atomic mass is 19.1. The fraction of sp³-hybridized carbons (Fsp3) is 0.133. The number of cyclic esters (lactones) is 1. The number of halogens is 1. The molecule has 0 aliphatic carbocycles. The van der Waals surface area contributed by atoms with Gasteiger partial charge in [-0.2, -0.15) is 0 Å². The Bertz CT molecular complexity index is 583. The molecule has 1 fully saturated rings. The summed E-state index contributed by atoms with van der Waals surface area (Å²) in [5.74, 6) is -0.323. The highest BCUT2D eigenvalue weighted by Gasteiger charge is 2.33. The minimum atomic E-state index is -0.402. The van der Waals surface area contributed by atoms with E-state index in [0.717, 1.165) is 5.56 Å². The first-order chi connectivity index (χ1) is 9.24. The molecular weight excluding hydrogens is 245 g/mol. The van der Waals surface area contributed by atoms with Crippen molar-refractivity contribution in [2.45, 2.75) is 6.10 Å². The molecule has 96 valence electrons. The predicted molar refractivity (Wildman–Crippen MR) is 69.4 cm³/mol. The van der Waals surface area contributed by atoms with Crippen LogP contribution in [0.25, 0.3) is 0 Å². The first kappa shape index (κ1) is 11.7. The van der Waals surface area contributed by atoms with Crippen LogP contribution in [-0.2, 0) is 4.74 Å². The van der Waals surface area contributed by atoms with Gasteiger partial charge in [0, 0.05) is 5.69 Å². The summed E-state index contributed by atoms with van der Waals surface area (Å²) >= 11 is 0. The summed E-state index contributed by atoms with van der Waals surface area (Å²) in [4.78, 5) is 13.4. The van der Waals surface area contributed by atoms with Crippen LogP contribution in [0, 0.1) is 5.82 Å². The number of rotatable bonds is 2. The highest BCUT2D eigenvalue weighted by Crippen LogP contribution is 2.29. The number of carbonyl (C=O) groups is 1. The number of nitrogens with zero attached hydrogens (tertiary/aromatic N) is 1. The van der Waals surface area contributed by atoms with Crippen LogP contribution in [0.5, 0.6) is 0 Å². The molecule has 2 aromatic carbocycles. The van der Waals surface area contributed by atoms with Crippen molar-refractivity contribution in [1.82, 2.24) is 0 Å². The summed E-state index contributed by atoms with van der Waals surface area (Å²) in [5, 5.41) is 0. The van der Waals surface area contributed by atoms with Crippen LogP contribution in [0.2, 0.25) is 0 Å². The van der Waals surface area contributed by atoms with Gasteiger partial charge in [-0.15, -0.1) is 0 Å². The second-order valence-corrected chi connectivity index (χ2v) is 4.37. The van der Waals surface area contributed by atoms with E-state index in [4.69, 9.17) is 4.74 Å². The van der Waals surface area contributed by atoms with E-state index >= 15 is 0 Å². The van der Waals surface area contributed by atoms with Gasteiger partial charge in [-0.05, 0) is 29.8 Å². The van der Waals surface area contributed by atoms with Crippen molar-refractivity contribution in [1.29, 1.82) is 0 Å². The van der Waals surface area contributed by atoms with Crippen molar-refractivity contribution in [3.63, 3.8) is 0 Å². The van der Waals surface area contributed by atoms with Gasteiger partial charge in [-0.25, -0.2) is 9.18 Å². The number of ether oxygens (including phenoxy) is 1. The largest absolute Gasteiger partial charge is 0.439 e. The van der Waals surface area contributed by atoms with Crippen molar-refractivity contribution in [3.8, 4) is 0 Å². The summed E-state index contributed by atoms with van der Waals surface area (Å²) < 4.78 is 18.2. The SMILES string of the molecule is O=C1OC(c2ccccc2)CN1c1ccc(F)cc1. The smallest absolute Gasteiger partial charge is 0.415 e. The molecule has 0 saturated carbocycles. The molecular formula is C15H12FNO2. The maximum absolute atomic E-state index is 12.9. The van der Waals surface area contributed by atoms with Crippen LogP contribution < -0.4 is 4.90 Å². The Kier molecular flexibility index (Phi) is 2.91. The Morgan fingerprint density at radius 2 is 1.74 bits per heavy atom. The van der Waals surface area contributed by atoms with Gasteiger partial charge in [-0.3, -0.25) is 4.90 Å². The van der Waals surface area contributed by atoms with Crippen LogP contribution in [0.3, 0.4) is 0 Å². The minimum Gasteiger partial charge on any atom is -0.439 e. The summed E-state index contributed by atoms with van der Waals surface area (Å²) in [6, 6.07) is 15.4. The third-order valence-corrected chi connectivity index (χ3v) is 3.12. The zero-order valence-electron chi connectivity index (χ0n) is 10.1. The lowest BCUT2D eigenvalue weighted by atomic mass is 10.1. The monoisotopic (exact) mass is 257 g/mol. The van der Waals surface area contributed by atoms with E-state index < -0.39 is 6.09 Å². The Morgan fingerprint density at radius 3 is 2.42 bits per heavy atom. The average molecular weight is 257 g/mol. The third kappa shape index (κ3) is 2.29. The Labute approximate surface area is 110 Å². The van der Waals surface area contributed by atoms with Gasteiger partial charge in [0.2, 0.25) is 0 Å². The molecule has 1 aliphatic heterocycles. The number of amides is 1. The van der Waals surface area contributed by atoms with Gasteiger partial charge in [0.15, 0.2) is 0 Å². The van der Waals surface area contributed by atoms with E-state index in [1.54, 1.807) is 12.1 Å². The fourth-order valence-corrected chi connectivity index (χ4v) is 2.14. The molecule has 1 heterocycles. The van der Waals surface area contributed by atoms with E-state index in [9.17, 15) is 9.18 Å². The van der Waals surface area contributed by atoms with Crippen molar-refractivity contribution in [3.05, 3.63) is 66.0 Å². The number of anilines is 1. The zero-order chi connectivity index (χ0) is 13.2. The van der Waals surface area contributed by atoms with E-state index in [1.807, 2.05) is 30.3 Å². The van der Waals surface area contributed by atoms with Crippen LogP contribution in [0.1, 0.15) is 11.7 Å². The second-order valence-electron chi connectivity index (χ2n) is 4.37. The maximum atomic E-state index is 12.9. The molecule has 1 amide bonds. The van der Waals surface area contributed by atoms with Crippen LogP contribution in [-0.4, -0.2) is 12.6 Å². The molecule has 1 atom stereocenters. The van der Waals surface area contributed by atoms with E-state index in [0.29, 0.717) is 12.2 Å². The van der Waals surface area contributed by atoms with Crippen molar-refractivity contribution >= 4 is 11.8 Å². The average Bonchev–Trinajstić information content (AvgIpc) is 2.83. The normalized spacial score (nSPS) is 18.5. The summed E-state index contributed by atoms with van der Waals surface area (Å²) in [6.45, 7) is 0.439. The number of benzene rings is 2. The van der Waals surface area contributed by atoms with Crippen molar-refractivity contribution in [2.75, 3.05) is 11.4 Å². The summed E-state index contributed by atoms with van der Waals surface area (Å²) in [7, 11) is 0. The summed E-state index contributed by atoms with van der Waals surface area (Å²) in [5.41, 5.74) is 1.60. The molecule has 0 aromatic heterocycles. The first-order valence-corrected chi connectivity index (χ1v) is 6.03. The molecule has 0 N–H and O–H groups in total. The molecule has 2 aromatic rings. The van der Waals surface area contributed by atoms with Gasteiger partial charge in [0.25, 0.3) is 0 Å². The molecule has 19 heavy (non-hydrogen) atoms. The predicted octanol–water partition coefficient (Wildman–Crippen LogP) is 3.52. The molecule has 3 nitrogen and oxygen atoms in total. The lowest BCUT2D eigenvalue weighted by Gasteiger charge is -2.12. The Morgan fingerprint density at radius 1 is 1.05 bits per heavy atom. The van der Waals surface area contributed by atoms with Gasteiger partial charge in [-0.1, -0.05) is 30.3 Å². The molecule has 1 saturated heterocycles. The molecule has 1 unspecified atom stereocenters. The molecule has 4 heteroatoms. The lowest BCUT2D eigenvalue weighted by Crippen LogP contribution is -2.23. The van der Waals surface area contributed by atoms with E-state index in [2.05, 4.69) is 0 Å². The molecule has 1 aliphatic rings. The zero-order valence-corrected chi connectivity index (χ0v) is 10.1. The quantitative estimate of drug-likeness (QED) is 0.823. The Hall–Kier alpha value is -2.36. The second kappa shape index (κ2) is 4.72. The first-order valence-electron chi connectivity index (χ1n) is 6.03. The van der Waals surface area contributed by atoms with Gasteiger partial charge >= 0.3 is 6.09 Å². The van der Waals surface area contributed by atoms with Crippen LogP contribution in [0.4, 0.5) is 14.9 Å². The number of carbonyl (C=O) groups excluding carboxylic acids is 1. The molecule has 0 radical (unpaired) electrons. The minimum absolute atomic E-state index is 0.279. The number of hydrogen-bond donors (Lipinski definition) is 0. The topological polar surface area (TPSA) is 29.5 Å². The van der Waals surface area contributed by atoms with E-state index in [-0.39, 0.29) is 11.9 Å². The van der Waals surface area contributed by atoms with Crippen LogP contribution in [0.15, 0.2) is 54.6 Å². The molecule has 3 rings (SSSR count). The highest BCUT2D eigenvalue weighted by molar-refractivity contribution is 5.89.